The van der Waals surface area contributed by atoms with E-state index >= 15 is 0 Å². The van der Waals surface area contributed by atoms with E-state index in [-0.39, 0.29) is 5.91 Å². The summed E-state index contributed by atoms with van der Waals surface area (Å²) in [4.78, 5) is 14.8. The van der Waals surface area contributed by atoms with Crippen molar-refractivity contribution in [3.63, 3.8) is 0 Å². The van der Waals surface area contributed by atoms with Gasteiger partial charge in [-0.25, -0.2) is 0 Å². The average Bonchev–Trinajstić information content (AvgIpc) is 2.58. The molecular weight excluding hydrogens is 300 g/mol. The van der Waals surface area contributed by atoms with E-state index in [1.165, 1.54) is 31.5 Å². The molecule has 1 saturated heterocycles. The van der Waals surface area contributed by atoms with E-state index in [9.17, 15) is 4.79 Å². The number of carbonyl (C=O) groups is 1. The minimum Gasteiger partial charge on any atom is -0.480 e. The maximum Gasteiger partial charge on any atom is 0.261 e. The van der Waals surface area contributed by atoms with Gasteiger partial charge in [-0.1, -0.05) is 19.1 Å². The van der Waals surface area contributed by atoms with Crippen LogP contribution in [-0.4, -0.2) is 43.6 Å². The van der Waals surface area contributed by atoms with E-state index < -0.39 is 6.10 Å². The second kappa shape index (κ2) is 9.07. The average molecular weight is 332 g/mol. The Morgan fingerprint density at radius 1 is 1.33 bits per heavy atom. The Labute approximate surface area is 146 Å². The van der Waals surface area contributed by atoms with Crippen LogP contribution >= 0.6 is 0 Å². The molecule has 1 aliphatic rings. The van der Waals surface area contributed by atoms with Crippen LogP contribution in [0.25, 0.3) is 0 Å². The van der Waals surface area contributed by atoms with E-state index in [4.69, 9.17) is 4.74 Å². The lowest BCUT2D eigenvalue weighted by atomic mass is 9.94. The summed E-state index contributed by atoms with van der Waals surface area (Å²) in [5, 5.41) is 3.07. The number of amides is 1. The van der Waals surface area contributed by atoms with Gasteiger partial charge in [0.15, 0.2) is 6.10 Å². The van der Waals surface area contributed by atoms with Crippen molar-refractivity contribution in [3.8, 4) is 5.75 Å². The van der Waals surface area contributed by atoms with E-state index in [0.717, 1.165) is 30.2 Å². The van der Waals surface area contributed by atoms with Crippen molar-refractivity contribution in [2.24, 2.45) is 5.92 Å². The third-order valence-electron chi connectivity index (χ3n) is 5.18. The first kappa shape index (κ1) is 18.8. The van der Waals surface area contributed by atoms with Gasteiger partial charge in [-0.15, -0.1) is 0 Å². The summed E-state index contributed by atoms with van der Waals surface area (Å²) in [5.41, 5.74) is 2.29. The summed E-state index contributed by atoms with van der Waals surface area (Å²) in [5.74, 6) is 1.56. The third kappa shape index (κ3) is 5.23. The number of piperidine rings is 1. The Hall–Kier alpha value is -1.55. The van der Waals surface area contributed by atoms with E-state index in [2.05, 4.69) is 30.3 Å². The molecule has 1 atom stereocenters. The number of hydrogen-bond donors (Lipinski definition) is 1. The molecule has 0 aromatic heterocycles. The van der Waals surface area contributed by atoms with Crippen molar-refractivity contribution in [2.75, 3.05) is 26.7 Å². The molecule has 4 heteroatoms. The van der Waals surface area contributed by atoms with Gasteiger partial charge in [-0.3, -0.25) is 4.79 Å². The van der Waals surface area contributed by atoms with Gasteiger partial charge in [-0.05, 0) is 82.8 Å². The van der Waals surface area contributed by atoms with Crippen molar-refractivity contribution < 1.29 is 9.53 Å². The highest BCUT2D eigenvalue weighted by Crippen LogP contribution is 2.22. The van der Waals surface area contributed by atoms with E-state index in [0.29, 0.717) is 6.42 Å². The van der Waals surface area contributed by atoms with Crippen LogP contribution in [-0.2, 0) is 4.79 Å². The molecule has 1 aliphatic heterocycles. The third-order valence-corrected chi connectivity index (χ3v) is 5.18. The highest BCUT2D eigenvalue weighted by Gasteiger charge is 2.20. The number of likely N-dealkylation sites (tertiary alicyclic amines) is 1. The summed E-state index contributed by atoms with van der Waals surface area (Å²) in [6, 6.07) is 5.98. The van der Waals surface area contributed by atoms with Gasteiger partial charge in [0, 0.05) is 6.54 Å². The molecule has 0 spiro atoms. The van der Waals surface area contributed by atoms with Crippen LogP contribution < -0.4 is 10.1 Å². The van der Waals surface area contributed by atoms with Crippen LogP contribution in [0.1, 0.15) is 43.7 Å². The molecule has 1 N–H and O–H groups in total. The fourth-order valence-corrected chi connectivity index (χ4v) is 3.19. The number of carbonyl (C=O) groups excluding carboxylic acids is 1. The molecule has 0 unspecified atom stereocenters. The molecule has 0 aliphatic carbocycles. The standard InChI is InChI=1S/C20H32N2O2/c1-5-18(24-19-8-6-7-15(2)16(19)3)20(23)21-12-9-17-10-13-22(4)14-11-17/h6-8,17-18H,5,9-14H2,1-4H3,(H,21,23)/t18-/m1/s1. The minimum absolute atomic E-state index is 0.00586. The molecule has 1 fully saturated rings. The summed E-state index contributed by atoms with van der Waals surface area (Å²) in [6.07, 6.45) is 3.81. The summed E-state index contributed by atoms with van der Waals surface area (Å²) < 4.78 is 5.97. The van der Waals surface area contributed by atoms with Gasteiger partial charge >= 0.3 is 0 Å². The highest BCUT2D eigenvalue weighted by molar-refractivity contribution is 5.81. The van der Waals surface area contributed by atoms with Crippen LogP contribution in [0.5, 0.6) is 5.75 Å². The Morgan fingerprint density at radius 2 is 2.04 bits per heavy atom. The normalized spacial score (nSPS) is 17.5. The monoisotopic (exact) mass is 332 g/mol. The maximum atomic E-state index is 12.4. The molecule has 4 nitrogen and oxygen atoms in total. The van der Waals surface area contributed by atoms with E-state index in [1.54, 1.807) is 0 Å². The molecular formula is C20H32N2O2. The maximum absolute atomic E-state index is 12.4. The van der Waals surface area contributed by atoms with Crippen molar-refractivity contribution in [1.82, 2.24) is 10.2 Å². The Balaban J connectivity index is 1.80. The van der Waals surface area contributed by atoms with Gasteiger partial charge in [0.2, 0.25) is 0 Å². The second-order valence-corrected chi connectivity index (χ2v) is 7.04. The van der Waals surface area contributed by atoms with Crippen molar-refractivity contribution in [1.29, 1.82) is 0 Å². The summed E-state index contributed by atoms with van der Waals surface area (Å²) in [7, 11) is 2.18. The Kier molecular flexibility index (Phi) is 7.10. The van der Waals surface area contributed by atoms with Crippen LogP contribution in [0.4, 0.5) is 0 Å². The van der Waals surface area contributed by atoms with Gasteiger partial charge in [-0.2, -0.15) is 0 Å². The first-order valence-corrected chi connectivity index (χ1v) is 9.20. The smallest absolute Gasteiger partial charge is 0.261 e. The summed E-state index contributed by atoms with van der Waals surface area (Å²) >= 11 is 0. The van der Waals surface area contributed by atoms with Gasteiger partial charge in [0.05, 0.1) is 0 Å². The lowest BCUT2D eigenvalue weighted by Gasteiger charge is -2.29. The van der Waals surface area contributed by atoms with Gasteiger partial charge in [0.1, 0.15) is 5.75 Å². The zero-order valence-electron chi connectivity index (χ0n) is 15.6. The summed E-state index contributed by atoms with van der Waals surface area (Å²) in [6.45, 7) is 9.18. The van der Waals surface area contributed by atoms with Crippen molar-refractivity contribution >= 4 is 5.91 Å². The lowest BCUT2D eigenvalue weighted by molar-refractivity contribution is -0.128. The highest BCUT2D eigenvalue weighted by atomic mass is 16.5. The molecule has 1 aromatic rings. The molecule has 0 bridgehead atoms. The molecule has 2 rings (SSSR count). The van der Waals surface area contributed by atoms with Crippen LogP contribution in [0.2, 0.25) is 0 Å². The number of aryl methyl sites for hydroxylation is 1. The number of hydrogen-bond acceptors (Lipinski definition) is 3. The second-order valence-electron chi connectivity index (χ2n) is 7.04. The molecule has 1 amide bonds. The topological polar surface area (TPSA) is 41.6 Å². The van der Waals surface area contributed by atoms with Crippen LogP contribution in [0, 0.1) is 19.8 Å². The molecule has 0 radical (unpaired) electrons. The molecule has 1 aromatic carbocycles. The van der Waals surface area contributed by atoms with Crippen molar-refractivity contribution in [3.05, 3.63) is 29.3 Å². The predicted octanol–water partition coefficient (Wildman–Crippen LogP) is 3.31. The minimum atomic E-state index is -0.414. The first-order valence-electron chi connectivity index (χ1n) is 9.20. The largest absolute Gasteiger partial charge is 0.480 e. The number of benzene rings is 1. The zero-order chi connectivity index (χ0) is 17.5. The molecule has 134 valence electrons. The van der Waals surface area contributed by atoms with E-state index in [1.807, 2.05) is 26.0 Å². The lowest BCUT2D eigenvalue weighted by Crippen LogP contribution is -2.39. The van der Waals surface area contributed by atoms with Gasteiger partial charge < -0.3 is 15.0 Å². The van der Waals surface area contributed by atoms with Crippen molar-refractivity contribution in [2.45, 2.75) is 52.6 Å². The number of rotatable bonds is 7. The zero-order valence-corrected chi connectivity index (χ0v) is 15.6. The number of nitrogens with one attached hydrogen (secondary N) is 1. The van der Waals surface area contributed by atoms with Crippen LogP contribution in [0.15, 0.2) is 18.2 Å². The van der Waals surface area contributed by atoms with Crippen LogP contribution in [0.3, 0.4) is 0 Å². The Bertz CT molecular complexity index is 536. The predicted molar refractivity (Wildman–Crippen MR) is 98.5 cm³/mol. The quantitative estimate of drug-likeness (QED) is 0.833. The Morgan fingerprint density at radius 3 is 2.71 bits per heavy atom. The fourth-order valence-electron chi connectivity index (χ4n) is 3.19. The van der Waals surface area contributed by atoms with Gasteiger partial charge in [0.25, 0.3) is 5.91 Å². The molecule has 0 saturated carbocycles. The first-order chi connectivity index (χ1) is 11.5. The fraction of sp³-hybridized carbons (Fsp3) is 0.650. The number of ether oxygens (including phenoxy) is 1. The molecule has 1 heterocycles. The SMILES string of the molecule is CC[C@@H](Oc1cccc(C)c1C)C(=O)NCCC1CCN(C)CC1. The number of nitrogens with zero attached hydrogens (tertiary/aromatic N) is 1. The molecule has 24 heavy (non-hydrogen) atoms.